The first-order valence-electron chi connectivity index (χ1n) is 6.72. The van der Waals surface area contributed by atoms with Crippen molar-refractivity contribution >= 4 is 11.8 Å². The zero-order valence-corrected chi connectivity index (χ0v) is 11.1. The Hall–Kier alpha value is -2.24. The van der Waals surface area contributed by atoms with E-state index >= 15 is 0 Å². The molecule has 0 saturated carbocycles. The molecule has 0 bridgehead atoms. The molecule has 1 saturated heterocycles. The Labute approximate surface area is 117 Å². The lowest BCUT2D eigenvalue weighted by atomic mass is 10.3. The van der Waals surface area contributed by atoms with Gasteiger partial charge in [0.25, 0.3) is 0 Å². The number of aromatic nitrogens is 3. The van der Waals surface area contributed by atoms with Crippen molar-refractivity contribution in [3.8, 4) is 0 Å². The molecular weight excluding hydrogens is 257 g/mol. The molecule has 2 aromatic heterocycles. The first-order chi connectivity index (χ1) is 9.83. The Morgan fingerprint density at radius 3 is 2.45 bits per heavy atom. The fraction of sp³-hybridized carbons (Fsp3) is 0.357. The quantitative estimate of drug-likeness (QED) is 0.780. The van der Waals surface area contributed by atoms with E-state index in [2.05, 4.69) is 24.8 Å². The Kier molecular flexibility index (Phi) is 3.71. The molecule has 0 aromatic carbocycles. The Balaban J connectivity index is 1.71. The number of hydrogen-bond acceptors (Lipinski definition) is 5. The summed E-state index contributed by atoms with van der Waals surface area (Å²) in [6.07, 6.45) is 4.47. The second-order valence-electron chi connectivity index (χ2n) is 4.69. The van der Waals surface area contributed by atoms with Gasteiger partial charge in [-0.1, -0.05) is 6.07 Å². The third-order valence-corrected chi connectivity index (χ3v) is 3.36. The van der Waals surface area contributed by atoms with Crippen LogP contribution in [0.15, 0.2) is 36.7 Å². The second-order valence-corrected chi connectivity index (χ2v) is 4.69. The Morgan fingerprint density at radius 1 is 0.900 bits per heavy atom. The van der Waals surface area contributed by atoms with Gasteiger partial charge in [0.05, 0.1) is 0 Å². The number of anilines is 2. The van der Waals surface area contributed by atoms with Gasteiger partial charge < -0.3 is 9.80 Å². The summed E-state index contributed by atoms with van der Waals surface area (Å²) in [5.41, 5.74) is 0. The summed E-state index contributed by atoms with van der Waals surface area (Å²) < 4.78 is 13.2. The highest BCUT2D eigenvalue weighted by molar-refractivity contribution is 5.40. The molecule has 1 fully saturated rings. The van der Waals surface area contributed by atoms with E-state index < -0.39 is 5.95 Å². The molecule has 0 atom stereocenters. The standard InChI is InChI=1S/C14H16FN5/c15-12-4-1-5-13(18-12)19-8-3-9-20(11-10-19)14-16-6-2-7-17-14/h1-2,4-7H,3,8-11H2. The number of pyridine rings is 1. The van der Waals surface area contributed by atoms with Gasteiger partial charge in [-0.2, -0.15) is 4.39 Å². The largest absolute Gasteiger partial charge is 0.355 e. The maximum absolute atomic E-state index is 13.2. The van der Waals surface area contributed by atoms with Gasteiger partial charge in [0.15, 0.2) is 0 Å². The molecule has 3 rings (SSSR count). The minimum atomic E-state index is -0.435. The third-order valence-electron chi connectivity index (χ3n) is 3.36. The van der Waals surface area contributed by atoms with Crippen LogP contribution < -0.4 is 9.80 Å². The maximum atomic E-state index is 13.2. The van der Waals surface area contributed by atoms with Crippen LogP contribution in [0.25, 0.3) is 0 Å². The van der Waals surface area contributed by atoms with Crippen LogP contribution in [-0.2, 0) is 0 Å². The molecular formula is C14H16FN5. The van der Waals surface area contributed by atoms with Crippen molar-refractivity contribution in [2.45, 2.75) is 6.42 Å². The van der Waals surface area contributed by atoms with E-state index in [0.29, 0.717) is 5.82 Å². The molecule has 0 amide bonds. The van der Waals surface area contributed by atoms with Gasteiger partial charge >= 0.3 is 0 Å². The van der Waals surface area contributed by atoms with Crippen LogP contribution >= 0.6 is 0 Å². The summed E-state index contributed by atoms with van der Waals surface area (Å²) in [5, 5.41) is 0. The highest BCUT2D eigenvalue weighted by atomic mass is 19.1. The molecule has 3 heterocycles. The zero-order chi connectivity index (χ0) is 13.8. The van der Waals surface area contributed by atoms with E-state index in [9.17, 15) is 4.39 Å². The molecule has 0 radical (unpaired) electrons. The number of nitrogens with zero attached hydrogens (tertiary/aromatic N) is 5. The molecule has 0 spiro atoms. The van der Waals surface area contributed by atoms with E-state index in [1.165, 1.54) is 6.07 Å². The highest BCUT2D eigenvalue weighted by Gasteiger charge is 2.17. The lowest BCUT2D eigenvalue weighted by Crippen LogP contribution is -2.32. The van der Waals surface area contributed by atoms with Crippen LogP contribution in [0.1, 0.15) is 6.42 Å². The van der Waals surface area contributed by atoms with Crippen molar-refractivity contribution < 1.29 is 4.39 Å². The summed E-state index contributed by atoms with van der Waals surface area (Å²) in [5.74, 6) is 1.01. The molecule has 0 N–H and O–H groups in total. The first kappa shape index (κ1) is 12.8. The number of halogens is 1. The molecule has 6 heteroatoms. The van der Waals surface area contributed by atoms with E-state index in [-0.39, 0.29) is 0 Å². The van der Waals surface area contributed by atoms with Crippen molar-refractivity contribution in [3.05, 3.63) is 42.6 Å². The fourth-order valence-corrected chi connectivity index (χ4v) is 2.37. The summed E-state index contributed by atoms with van der Waals surface area (Å²) in [6, 6.07) is 6.72. The predicted octanol–water partition coefficient (Wildman–Crippen LogP) is 1.73. The van der Waals surface area contributed by atoms with Crippen LogP contribution in [0, 0.1) is 5.95 Å². The topological polar surface area (TPSA) is 45.2 Å². The molecule has 2 aromatic rings. The fourth-order valence-electron chi connectivity index (χ4n) is 2.37. The SMILES string of the molecule is Fc1cccc(N2CCCN(c3ncccn3)CC2)n1. The molecule has 1 aliphatic rings. The van der Waals surface area contributed by atoms with Crippen LogP contribution in [0.5, 0.6) is 0 Å². The predicted molar refractivity (Wildman–Crippen MR) is 75.3 cm³/mol. The lowest BCUT2D eigenvalue weighted by molar-refractivity contribution is 0.581. The summed E-state index contributed by atoms with van der Waals surface area (Å²) >= 11 is 0. The Morgan fingerprint density at radius 2 is 1.65 bits per heavy atom. The van der Waals surface area contributed by atoms with Crippen LogP contribution in [0.3, 0.4) is 0 Å². The zero-order valence-electron chi connectivity index (χ0n) is 11.1. The van der Waals surface area contributed by atoms with Gasteiger partial charge in [0.2, 0.25) is 11.9 Å². The molecule has 5 nitrogen and oxygen atoms in total. The minimum absolute atomic E-state index is 0.435. The molecule has 0 aliphatic carbocycles. The summed E-state index contributed by atoms with van der Waals surface area (Å²) in [7, 11) is 0. The van der Waals surface area contributed by atoms with E-state index in [1.54, 1.807) is 18.5 Å². The molecule has 0 unspecified atom stereocenters. The average molecular weight is 273 g/mol. The van der Waals surface area contributed by atoms with E-state index in [1.807, 2.05) is 12.1 Å². The van der Waals surface area contributed by atoms with Crippen molar-refractivity contribution in [2.75, 3.05) is 36.0 Å². The molecule has 20 heavy (non-hydrogen) atoms. The maximum Gasteiger partial charge on any atom is 0.225 e. The van der Waals surface area contributed by atoms with E-state index in [0.717, 1.165) is 38.5 Å². The van der Waals surface area contributed by atoms with E-state index in [4.69, 9.17) is 0 Å². The monoisotopic (exact) mass is 273 g/mol. The minimum Gasteiger partial charge on any atom is -0.355 e. The third kappa shape index (κ3) is 2.84. The lowest BCUT2D eigenvalue weighted by Gasteiger charge is -2.22. The van der Waals surface area contributed by atoms with Crippen molar-refractivity contribution in [2.24, 2.45) is 0 Å². The van der Waals surface area contributed by atoms with Crippen molar-refractivity contribution in [3.63, 3.8) is 0 Å². The average Bonchev–Trinajstić information content (AvgIpc) is 2.74. The van der Waals surface area contributed by atoms with Crippen LogP contribution in [0.2, 0.25) is 0 Å². The van der Waals surface area contributed by atoms with Gasteiger partial charge in [-0.05, 0) is 24.6 Å². The van der Waals surface area contributed by atoms with Crippen molar-refractivity contribution in [1.29, 1.82) is 0 Å². The second kappa shape index (κ2) is 5.81. The van der Waals surface area contributed by atoms with Crippen LogP contribution in [0.4, 0.5) is 16.2 Å². The number of rotatable bonds is 2. The summed E-state index contributed by atoms with van der Waals surface area (Å²) in [6.45, 7) is 3.35. The highest BCUT2D eigenvalue weighted by Crippen LogP contribution is 2.16. The van der Waals surface area contributed by atoms with Crippen molar-refractivity contribution in [1.82, 2.24) is 15.0 Å². The van der Waals surface area contributed by atoms with Gasteiger partial charge in [0, 0.05) is 38.6 Å². The summed E-state index contributed by atoms with van der Waals surface area (Å²) in [4.78, 5) is 16.8. The van der Waals surface area contributed by atoms with Gasteiger partial charge in [0.1, 0.15) is 5.82 Å². The van der Waals surface area contributed by atoms with Crippen LogP contribution in [-0.4, -0.2) is 41.1 Å². The van der Waals surface area contributed by atoms with Gasteiger partial charge in [-0.3, -0.25) is 0 Å². The van der Waals surface area contributed by atoms with Gasteiger partial charge in [-0.25, -0.2) is 15.0 Å². The molecule has 104 valence electrons. The molecule has 1 aliphatic heterocycles. The smallest absolute Gasteiger partial charge is 0.225 e. The van der Waals surface area contributed by atoms with Gasteiger partial charge in [-0.15, -0.1) is 0 Å². The normalized spacial score (nSPS) is 16.1. The number of hydrogen-bond donors (Lipinski definition) is 0. The first-order valence-corrected chi connectivity index (χ1v) is 6.72. The Bertz CT molecular complexity index is 563.